The molecule has 0 bridgehead atoms. The summed E-state index contributed by atoms with van der Waals surface area (Å²) in [4.78, 5) is 24.0. The lowest BCUT2D eigenvalue weighted by molar-refractivity contribution is -0.161. The maximum Gasteiger partial charge on any atom is 0.306 e. The first-order chi connectivity index (χ1) is 18.6. The number of carbonyl (C=O) groups excluding carboxylic acids is 2. The van der Waals surface area contributed by atoms with Gasteiger partial charge in [0.15, 0.2) is 6.10 Å². The predicted octanol–water partition coefficient (Wildman–Crippen LogP) is 8.72. The van der Waals surface area contributed by atoms with Gasteiger partial charge in [0, 0.05) is 12.8 Å². The molecule has 0 spiro atoms. The molecule has 0 aromatic rings. The minimum atomic E-state index is -0.804. The van der Waals surface area contributed by atoms with Gasteiger partial charge in [-0.2, -0.15) is 0 Å². The monoisotopic (exact) mass is 532 g/mol. The molecule has 218 valence electrons. The zero-order valence-electron chi connectivity index (χ0n) is 24.4. The van der Waals surface area contributed by atoms with E-state index in [2.05, 4.69) is 50.3 Å². The van der Waals surface area contributed by atoms with Gasteiger partial charge in [0.05, 0.1) is 6.61 Å². The van der Waals surface area contributed by atoms with Crippen molar-refractivity contribution in [2.24, 2.45) is 0 Å². The summed E-state index contributed by atoms with van der Waals surface area (Å²) < 4.78 is 10.4. The highest BCUT2D eigenvalue weighted by Crippen LogP contribution is 2.12. The molecular formula is C33H56O5. The molecule has 0 fully saturated rings. The normalized spacial score (nSPS) is 12.8. The van der Waals surface area contributed by atoms with E-state index < -0.39 is 12.1 Å². The smallest absolute Gasteiger partial charge is 0.306 e. The van der Waals surface area contributed by atoms with E-state index in [4.69, 9.17) is 9.47 Å². The highest BCUT2D eigenvalue weighted by atomic mass is 16.6. The van der Waals surface area contributed by atoms with Crippen molar-refractivity contribution >= 4 is 11.9 Å². The third kappa shape index (κ3) is 26.9. The van der Waals surface area contributed by atoms with Crippen LogP contribution in [0, 0.1) is 0 Å². The molecule has 38 heavy (non-hydrogen) atoms. The molecule has 0 rings (SSSR count). The maximum atomic E-state index is 12.0. The number of ether oxygens (including phenoxy) is 2. The van der Waals surface area contributed by atoms with E-state index in [9.17, 15) is 14.7 Å². The number of aliphatic hydroxyl groups is 1. The van der Waals surface area contributed by atoms with Crippen LogP contribution >= 0.6 is 0 Å². The van der Waals surface area contributed by atoms with E-state index in [0.717, 1.165) is 44.9 Å². The maximum absolute atomic E-state index is 12.0. The minimum absolute atomic E-state index is 0.0942. The van der Waals surface area contributed by atoms with Gasteiger partial charge < -0.3 is 14.6 Å². The van der Waals surface area contributed by atoms with Gasteiger partial charge in [0.25, 0.3) is 0 Å². The first-order valence-electron chi connectivity index (χ1n) is 15.2. The predicted molar refractivity (Wildman–Crippen MR) is 159 cm³/mol. The molecule has 0 radical (unpaired) electrons. The number of esters is 2. The lowest BCUT2D eigenvalue weighted by Crippen LogP contribution is -2.28. The molecule has 1 atom stereocenters. The Labute approximate surface area is 233 Å². The summed E-state index contributed by atoms with van der Waals surface area (Å²) >= 11 is 0. The summed E-state index contributed by atoms with van der Waals surface area (Å²) in [6.45, 7) is 3.92. The van der Waals surface area contributed by atoms with Crippen LogP contribution in [0.2, 0.25) is 0 Å². The van der Waals surface area contributed by atoms with Gasteiger partial charge in [0.2, 0.25) is 0 Å². The van der Waals surface area contributed by atoms with Gasteiger partial charge in [0.1, 0.15) is 6.61 Å². The Morgan fingerprint density at radius 1 is 0.632 bits per heavy atom. The van der Waals surface area contributed by atoms with Crippen LogP contribution in [0.1, 0.15) is 129 Å². The Kier molecular flexibility index (Phi) is 27.8. The van der Waals surface area contributed by atoms with Gasteiger partial charge >= 0.3 is 11.9 Å². The van der Waals surface area contributed by atoms with Crippen molar-refractivity contribution in [3.05, 3.63) is 48.6 Å². The van der Waals surface area contributed by atoms with Gasteiger partial charge in [-0.1, -0.05) is 127 Å². The van der Waals surface area contributed by atoms with E-state index >= 15 is 0 Å². The fraction of sp³-hybridized carbons (Fsp3) is 0.697. The van der Waals surface area contributed by atoms with Crippen LogP contribution in [0.3, 0.4) is 0 Å². The molecule has 0 saturated heterocycles. The van der Waals surface area contributed by atoms with Crippen molar-refractivity contribution in [2.75, 3.05) is 13.2 Å². The summed E-state index contributed by atoms with van der Waals surface area (Å²) in [5, 5.41) is 9.45. The highest BCUT2D eigenvalue weighted by molar-refractivity contribution is 5.70. The Morgan fingerprint density at radius 2 is 1.13 bits per heavy atom. The van der Waals surface area contributed by atoms with E-state index in [1.807, 2.05) is 12.2 Å². The number of rotatable bonds is 26. The zero-order chi connectivity index (χ0) is 27.9. The van der Waals surface area contributed by atoms with Crippen LogP contribution in [0.25, 0.3) is 0 Å². The summed E-state index contributed by atoms with van der Waals surface area (Å²) in [6.07, 6.45) is 34.6. The molecule has 0 aliphatic rings. The summed E-state index contributed by atoms with van der Waals surface area (Å²) in [5.74, 6) is -0.692. The molecule has 0 saturated carbocycles. The largest absolute Gasteiger partial charge is 0.462 e. The highest BCUT2D eigenvalue weighted by Gasteiger charge is 2.15. The van der Waals surface area contributed by atoms with Crippen molar-refractivity contribution in [2.45, 2.75) is 136 Å². The van der Waals surface area contributed by atoms with Crippen LogP contribution in [-0.2, 0) is 19.1 Å². The molecular weight excluding hydrogens is 476 g/mol. The van der Waals surface area contributed by atoms with Crippen molar-refractivity contribution in [1.29, 1.82) is 0 Å². The first kappa shape index (κ1) is 35.9. The first-order valence-corrected chi connectivity index (χ1v) is 15.2. The fourth-order valence-electron chi connectivity index (χ4n) is 3.86. The molecule has 0 aromatic heterocycles. The Bertz CT molecular complexity index is 662. The standard InChI is InChI=1S/C33H56O5/c1-3-5-7-9-11-13-15-16-18-20-22-24-26-28-33(36)38-31(29-34)30-37-32(35)27-25-23-21-19-17-14-12-10-8-6-4-2/h5,7,11,13,16,18,22,24,31,34H,3-4,6,8-10,12,14-15,17,19-21,23,25-30H2,1-2H3/b7-5-,13-11-,18-16-,24-22-. The van der Waals surface area contributed by atoms with Gasteiger partial charge in [-0.25, -0.2) is 0 Å². The summed E-state index contributed by atoms with van der Waals surface area (Å²) in [7, 11) is 0. The zero-order valence-corrected chi connectivity index (χ0v) is 24.4. The van der Waals surface area contributed by atoms with Gasteiger partial charge in [-0.3, -0.25) is 9.59 Å². The van der Waals surface area contributed by atoms with Crippen LogP contribution in [-0.4, -0.2) is 36.4 Å². The molecule has 1 unspecified atom stereocenters. The molecule has 0 aliphatic heterocycles. The number of hydrogen-bond donors (Lipinski definition) is 1. The SMILES string of the molecule is CC/C=C\C/C=C\C/C=C\C/C=C\CCC(=O)OC(CO)COC(=O)CCCCCCCCCCCCC. The Hall–Kier alpha value is -2.14. The van der Waals surface area contributed by atoms with Crippen LogP contribution < -0.4 is 0 Å². The molecule has 5 heteroatoms. The lowest BCUT2D eigenvalue weighted by atomic mass is 10.1. The van der Waals surface area contributed by atoms with Crippen molar-refractivity contribution < 1.29 is 24.2 Å². The molecule has 0 aliphatic carbocycles. The number of hydrogen-bond acceptors (Lipinski definition) is 5. The average Bonchev–Trinajstić information content (AvgIpc) is 2.92. The molecule has 1 N–H and O–H groups in total. The van der Waals surface area contributed by atoms with Gasteiger partial charge in [-0.05, 0) is 38.5 Å². The molecule has 5 nitrogen and oxygen atoms in total. The number of carbonyl (C=O) groups is 2. The number of allylic oxidation sites excluding steroid dienone is 8. The van der Waals surface area contributed by atoms with Crippen molar-refractivity contribution in [3.63, 3.8) is 0 Å². The average molecular weight is 533 g/mol. The second kappa shape index (κ2) is 29.4. The van der Waals surface area contributed by atoms with Crippen LogP contribution in [0.15, 0.2) is 48.6 Å². The van der Waals surface area contributed by atoms with E-state index in [1.165, 1.54) is 51.4 Å². The topological polar surface area (TPSA) is 72.8 Å². The molecule has 0 amide bonds. The molecule has 0 heterocycles. The summed E-state index contributed by atoms with van der Waals surface area (Å²) in [6, 6.07) is 0. The van der Waals surface area contributed by atoms with Crippen LogP contribution in [0.4, 0.5) is 0 Å². The fourth-order valence-corrected chi connectivity index (χ4v) is 3.86. The second-order valence-corrected chi connectivity index (χ2v) is 9.80. The third-order valence-corrected chi connectivity index (χ3v) is 6.15. The van der Waals surface area contributed by atoms with Gasteiger partial charge in [-0.15, -0.1) is 0 Å². The Balaban J connectivity index is 3.74. The van der Waals surface area contributed by atoms with E-state index in [-0.39, 0.29) is 25.6 Å². The quantitative estimate of drug-likeness (QED) is 0.0685. The lowest BCUT2D eigenvalue weighted by Gasteiger charge is -2.15. The molecule has 0 aromatic carbocycles. The Morgan fingerprint density at radius 3 is 1.66 bits per heavy atom. The van der Waals surface area contributed by atoms with Crippen molar-refractivity contribution in [3.8, 4) is 0 Å². The van der Waals surface area contributed by atoms with Crippen molar-refractivity contribution in [1.82, 2.24) is 0 Å². The third-order valence-electron chi connectivity index (χ3n) is 6.15. The van der Waals surface area contributed by atoms with E-state index in [0.29, 0.717) is 12.8 Å². The number of aliphatic hydroxyl groups excluding tert-OH is 1. The minimum Gasteiger partial charge on any atom is -0.462 e. The number of unbranched alkanes of at least 4 members (excludes halogenated alkanes) is 10. The second-order valence-electron chi connectivity index (χ2n) is 9.80. The van der Waals surface area contributed by atoms with E-state index in [1.54, 1.807) is 0 Å². The van der Waals surface area contributed by atoms with Crippen LogP contribution in [0.5, 0.6) is 0 Å². The summed E-state index contributed by atoms with van der Waals surface area (Å²) in [5.41, 5.74) is 0.